The van der Waals surface area contributed by atoms with E-state index in [-0.39, 0.29) is 18.1 Å². The average Bonchev–Trinajstić information content (AvgIpc) is 3.62. The summed E-state index contributed by atoms with van der Waals surface area (Å²) in [5, 5.41) is 1.53. The lowest BCUT2D eigenvalue weighted by Gasteiger charge is -2.32. The normalized spacial score (nSPS) is 15.6. The summed E-state index contributed by atoms with van der Waals surface area (Å²) in [7, 11) is -3.95. The van der Waals surface area contributed by atoms with Crippen molar-refractivity contribution in [3.8, 4) is 0 Å². The molecule has 0 aliphatic heterocycles. The number of benzene rings is 5. The van der Waals surface area contributed by atoms with Gasteiger partial charge in [0.1, 0.15) is 0 Å². The van der Waals surface area contributed by atoms with E-state index in [0.29, 0.717) is 30.2 Å². The molecule has 1 aliphatic carbocycles. The van der Waals surface area contributed by atoms with Crippen molar-refractivity contribution >= 4 is 42.4 Å². The van der Waals surface area contributed by atoms with Crippen molar-refractivity contribution in [2.24, 2.45) is 0 Å². The third-order valence-corrected chi connectivity index (χ3v) is 14.0. The van der Waals surface area contributed by atoms with Crippen LogP contribution in [0.1, 0.15) is 34.7 Å². The second-order valence-electron chi connectivity index (χ2n) is 12.5. The van der Waals surface area contributed by atoms with Gasteiger partial charge in [-0.2, -0.15) is 52.7 Å². The van der Waals surface area contributed by atoms with Gasteiger partial charge in [0.15, 0.2) is 0 Å². The molecule has 285 valence electrons. The fourth-order valence-electron chi connectivity index (χ4n) is 6.28. The van der Waals surface area contributed by atoms with Crippen molar-refractivity contribution in [2.75, 3.05) is 0 Å². The molecule has 1 aliphatic rings. The molecule has 6 rings (SSSR count). The van der Waals surface area contributed by atoms with Crippen LogP contribution < -0.4 is 26.5 Å². The maximum absolute atomic E-state index is 14.0. The van der Waals surface area contributed by atoms with Gasteiger partial charge in [-0.15, -0.1) is 0 Å². The van der Waals surface area contributed by atoms with E-state index in [1.54, 1.807) is 18.9 Å². The van der Waals surface area contributed by atoms with Gasteiger partial charge in [-0.3, -0.25) is 0 Å². The standard InChI is InChI=1S/C41H27F12P2/c1-25(26-16-17-27(18-26)36-14-8-9-15-37(36)55(32-10-4-2-5-11-32)33-12-6-3-7-13-33)54(34-21-28(38(42,43)44)19-29(22-34)39(45,46)47)35-23-30(40(48,49)50)20-31(24-35)41(51,52)53/h2-25H,1H3/t25-/m0/s1. The minimum absolute atomic E-state index is 0.135. The van der Waals surface area contributed by atoms with E-state index < -0.39 is 79.1 Å². The van der Waals surface area contributed by atoms with Crippen molar-refractivity contribution in [1.29, 1.82) is 0 Å². The van der Waals surface area contributed by atoms with E-state index in [9.17, 15) is 52.7 Å². The highest BCUT2D eigenvalue weighted by Crippen LogP contribution is 2.53. The summed E-state index contributed by atoms with van der Waals surface area (Å²) in [6.07, 6.45) is -16.5. The first kappa shape index (κ1) is 40.8. The van der Waals surface area contributed by atoms with Gasteiger partial charge >= 0.3 is 24.7 Å². The molecule has 0 amide bonds. The molecule has 0 spiro atoms. The summed E-state index contributed by atoms with van der Waals surface area (Å²) in [6, 6.07) is 27.9. The number of rotatable bonds is 8. The minimum Gasteiger partial charge on any atom is -0.166 e. The third-order valence-electron chi connectivity index (χ3n) is 8.83. The van der Waals surface area contributed by atoms with Crippen LogP contribution in [-0.4, -0.2) is 5.66 Å². The van der Waals surface area contributed by atoms with E-state index in [1.807, 2.05) is 78.9 Å². The molecular formula is C41H27F12P2. The van der Waals surface area contributed by atoms with Crippen LogP contribution >= 0.6 is 15.8 Å². The Labute approximate surface area is 312 Å². The van der Waals surface area contributed by atoms with Crippen LogP contribution in [0.5, 0.6) is 0 Å². The molecule has 5 aromatic carbocycles. The lowest BCUT2D eigenvalue weighted by molar-refractivity contribution is -0.144. The lowest BCUT2D eigenvalue weighted by atomic mass is 9.95. The van der Waals surface area contributed by atoms with Crippen molar-refractivity contribution < 1.29 is 52.7 Å². The molecule has 0 aromatic heterocycles. The summed E-state index contributed by atoms with van der Waals surface area (Å²) in [5.41, 5.74) is -7.41. The number of alkyl halides is 12. The SMILES string of the molecule is C[C@@H]([C]1[CH][CH][C](c2ccccc2P(c2ccccc2)c2ccccc2)[CH]1)P(c1cc(C(F)(F)F)cc(C(F)(F)F)c1)c1cc(C(F)(F)F)cc(C(F)(F)F)c1. The topological polar surface area (TPSA) is 0 Å². The monoisotopic (exact) mass is 809 g/mol. The molecule has 0 heterocycles. The van der Waals surface area contributed by atoms with Crippen LogP contribution in [0.4, 0.5) is 52.7 Å². The summed E-state index contributed by atoms with van der Waals surface area (Å²) in [6.45, 7) is 1.37. The Morgan fingerprint density at radius 1 is 0.436 bits per heavy atom. The molecule has 1 fully saturated rings. The highest BCUT2D eigenvalue weighted by atomic mass is 31.1. The fraction of sp³-hybridized carbons (Fsp3) is 0.146. The van der Waals surface area contributed by atoms with Gasteiger partial charge in [0.25, 0.3) is 0 Å². The van der Waals surface area contributed by atoms with E-state index >= 15 is 0 Å². The van der Waals surface area contributed by atoms with Gasteiger partial charge in [-0.05, 0) is 115 Å². The molecule has 0 saturated heterocycles. The molecule has 0 bridgehead atoms. The Kier molecular flexibility index (Phi) is 11.5. The number of halogens is 12. The predicted molar refractivity (Wildman–Crippen MR) is 192 cm³/mol. The van der Waals surface area contributed by atoms with Gasteiger partial charge in [-0.1, -0.05) is 91.9 Å². The van der Waals surface area contributed by atoms with E-state index in [4.69, 9.17) is 0 Å². The molecule has 0 nitrogen and oxygen atoms in total. The zero-order valence-corrected chi connectivity index (χ0v) is 30.1. The van der Waals surface area contributed by atoms with Crippen LogP contribution in [0.25, 0.3) is 0 Å². The van der Waals surface area contributed by atoms with Gasteiger partial charge in [-0.25, -0.2) is 0 Å². The first-order chi connectivity index (χ1) is 25.7. The maximum Gasteiger partial charge on any atom is 0.416 e. The van der Waals surface area contributed by atoms with Gasteiger partial charge in [0.05, 0.1) is 22.3 Å². The van der Waals surface area contributed by atoms with Crippen LogP contribution in [-0.2, 0) is 24.7 Å². The second-order valence-corrected chi connectivity index (χ2v) is 17.3. The Hall–Kier alpha value is -3.88. The smallest absolute Gasteiger partial charge is 0.166 e. The largest absolute Gasteiger partial charge is 0.416 e. The first-order valence-corrected chi connectivity index (χ1v) is 19.1. The van der Waals surface area contributed by atoms with E-state index in [2.05, 4.69) is 0 Å². The highest BCUT2D eigenvalue weighted by molar-refractivity contribution is 7.80. The van der Waals surface area contributed by atoms with Gasteiger partial charge in [0, 0.05) is 5.92 Å². The van der Waals surface area contributed by atoms with Gasteiger partial charge in [0.2, 0.25) is 0 Å². The second kappa shape index (κ2) is 15.6. The van der Waals surface area contributed by atoms with Gasteiger partial charge < -0.3 is 0 Å². The molecule has 0 unspecified atom stereocenters. The number of hydrogen-bond donors (Lipinski definition) is 0. The van der Waals surface area contributed by atoms with Crippen LogP contribution in [0.15, 0.2) is 121 Å². The van der Waals surface area contributed by atoms with Crippen LogP contribution in [0, 0.1) is 31.1 Å². The quantitative estimate of drug-likeness (QED) is 0.108. The Morgan fingerprint density at radius 3 is 1.22 bits per heavy atom. The van der Waals surface area contributed by atoms with Crippen molar-refractivity contribution in [2.45, 2.75) is 37.3 Å². The fourth-order valence-corrected chi connectivity index (χ4v) is 11.5. The highest BCUT2D eigenvalue weighted by Gasteiger charge is 2.43. The predicted octanol–water partition coefficient (Wildman–Crippen LogP) is 11.2. The molecule has 5 aromatic rings. The Morgan fingerprint density at radius 2 is 0.818 bits per heavy atom. The molecular weight excluding hydrogens is 782 g/mol. The first-order valence-electron chi connectivity index (χ1n) is 16.4. The molecule has 55 heavy (non-hydrogen) atoms. The molecule has 0 N–H and O–H groups in total. The minimum atomic E-state index is -5.32. The molecule has 1 saturated carbocycles. The zero-order valence-electron chi connectivity index (χ0n) is 28.3. The van der Waals surface area contributed by atoms with Crippen molar-refractivity contribution in [3.05, 3.63) is 180 Å². The summed E-state index contributed by atoms with van der Waals surface area (Å²) < 4.78 is 169. The van der Waals surface area contributed by atoms with E-state index in [0.717, 1.165) is 21.5 Å². The molecule has 14 heteroatoms. The zero-order chi connectivity index (χ0) is 39.9. The maximum atomic E-state index is 14.0. The summed E-state index contributed by atoms with van der Waals surface area (Å²) in [5.74, 6) is 0.878. The van der Waals surface area contributed by atoms with Crippen LogP contribution in [0.3, 0.4) is 0 Å². The van der Waals surface area contributed by atoms with E-state index in [1.165, 1.54) is 13.3 Å². The van der Waals surface area contributed by atoms with Crippen molar-refractivity contribution in [1.82, 2.24) is 0 Å². The van der Waals surface area contributed by atoms with Crippen LogP contribution in [0.2, 0.25) is 0 Å². The lowest BCUT2D eigenvalue weighted by Crippen LogP contribution is -2.28. The summed E-state index contributed by atoms with van der Waals surface area (Å²) >= 11 is 0. The molecule has 5 radical (unpaired) electrons. The number of hydrogen-bond acceptors (Lipinski definition) is 0. The molecule has 1 atom stereocenters. The Balaban J connectivity index is 1.47. The average molecular weight is 810 g/mol. The summed E-state index contributed by atoms with van der Waals surface area (Å²) in [4.78, 5) is 0. The third kappa shape index (κ3) is 9.23. The Bertz CT molecular complexity index is 1910. The van der Waals surface area contributed by atoms with Crippen molar-refractivity contribution in [3.63, 3.8) is 0 Å².